The molecule has 0 fully saturated rings. The lowest BCUT2D eigenvalue weighted by atomic mass is 10.1. The zero-order chi connectivity index (χ0) is 15.2. The molecule has 0 aliphatic carbocycles. The van der Waals surface area contributed by atoms with Gasteiger partial charge in [0.2, 0.25) is 0 Å². The normalized spacial score (nSPS) is 15.5. The highest BCUT2D eigenvalue weighted by Crippen LogP contribution is 2.22. The molecule has 20 heavy (non-hydrogen) atoms. The Morgan fingerprint density at radius 2 is 2.20 bits per heavy atom. The molecular weight excluding hydrogens is 340 g/mol. The van der Waals surface area contributed by atoms with E-state index in [1.807, 2.05) is 39.0 Å². The molecule has 0 spiro atoms. The highest BCUT2D eigenvalue weighted by molar-refractivity contribution is 9.10. The molecule has 0 bridgehead atoms. The molecule has 0 saturated carbocycles. The molecule has 2 atom stereocenters. The van der Waals surface area contributed by atoms with Gasteiger partial charge in [-0.05, 0) is 61.7 Å². The third kappa shape index (κ3) is 5.91. The summed E-state index contributed by atoms with van der Waals surface area (Å²) in [7, 11) is 1.66. The van der Waals surface area contributed by atoms with Crippen LogP contribution in [0.3, 0.4) is 0 Å². The summed E-state index contributed by atoms with van der Waals surface area (Å²) in [5, 5.41) is 0. The molecule has 2 unspecified atom stereocenters. The zero-order valence-corrected chi connectivity index (χ0v) is 14.7. The molecule has 0 aromatic carbocycles. The van der Waals surface area contributed by atoms with Crippen molar-refractivity contribution in [2.45, 2.75) is 44.5 Å². The molecule has 0 radical (unpaired) electrons. The van der Waals surface area contributed by atoms with Crippen molar-refractivity contribution < 1.29 is 9.29 Å². The van der Waals surface area contributed by atoms with Gasteiger partial charge in [0.15, 0.2) is 0 Å². The Labute approximate surface area is 132 Å². The first-order valence-corrected chi connectivity index (χ1v) is 8.34. The molecular formula is C14H21BrN2O2S. The monoisotopic (exact) mass is 360 g/mol. The zero-order valence-electron chi connectivity index (χ0n) is 12.3. The van der Waals surface area contributed by atoms with Crippen molar-refractivity contribution in [2.24, 2.45) is 4.40 Å². The van der Waals surface area contributed by atoms with Crippen LogP contribution in [0, 0.1) is 0 Å². The second kappa shape index (κ2) is 8.12. The molecule has 1 aromatic rings. The van der Waals surface area contributed by atoms with Gasteiger partial charge in [0.1, 0.15) is 20.7 Å². The topological polar surface area (TPSA) is 57.5 Å². The minimum atomic E-state index is -1.20. The van der Waals surface area contributed by atoms with Crippen LogP contribution in [-0.2, 0) is 16.1 Å². The van der Waals surface area contributed by atoms with Crippen molar-refractivity contribution >= 4 is 33.5 Å². The molecule has 0 aliphatic rings. The Morgan fingerprint density at radius 1 is 1.50 bits per heavy atom. The van der Waals surface area contributed by atoms with Crippen LogP contribution < -0.4 is 0 Å². The van der Waals surface area contributed by atoms with Crippen LogP contribution in [0.5, 0.6) is 0 Å². The van der Waals surface area contributed by atoms with Gasteiger partial charge >= 0.3 is 0 Å². The number of hydrogen-bond acceptors (Lipinski definition) is 4. The number of methoxy groups -OCH3 is 1. The van der Waals surface area contributed by atoms with Crippen molar-refractivity contribution in [2.75, 3.05) is 7.11 Å². The number of halogens is 1. The molecule has 4 nitrogen and oxygen atoms in total. The van der Waals surface area contributed by atoms with Crippen LogP contribution in [0.1, 0.15) is 45.4 Å². The Morgan fingerprint density at radius 3 is 2.75 bits per heavy atom. The van der Waals surface area contributed by atoms with Gasteiger partial charge in [0, 0.05) is 7.11 Å². The molecule has 1 rings (SSSR count). The highest BCUT2D eigenvalue weighted by Gasteiger charge is 2.25. The van der Waals surface area contributed by atoms with Gasteiger partial charge in [0.25, 0.3) is 0 Å². The minimum Gasteiger partial charge on any atom is -0.591 e. The molecule has 112 valence electrons. The Balaban J connectivity index is 2.53. The van der Waals surface area contributed by atoms with Crippen LogP contribution in [0.15, 0.2) is 27.2 Å². The number of hydrogen-bond donors (Lipinski definition) is 0. The van der Waals surface area contributed by atoms with Gasteiger partial charge in [-0.1, -0.05) is 10.5 Å². The van der Waals surface area contributed by atoms with E-state index in [2.05, 4.69) is 25.3 Å². The average molecular weight is 361 g/mol. The molecule has 0 saturated heterocycles. The van der Waals surface area contributed by atoms with Crippen molar-refractivity contribution in [3.63, 3.8) is 0 Å². The lowest BCUT2D eigenvalue weighted by Gasteiger charge is -2.18. The van der Waals surface area contributed by atoms with Gasteiger partial charge in [-0.15, -0.1) is 0 Å². The van der Waals surface area contributed by atoms with E-state index in [0.717, 1.165) is 16.7 Å². The summed E-state index contributed by atoms with van der Waals surface area (Å²) in [6, 6.07) is 5.74. The maximum atomic E-state index is 11.8. The first-order valence-electron chi connectivity index (χ1n) is 6.44. The average Bonchev–Trinajstić information content (AvgIpc) is 2.37. The maximum Gasteiger partial charge on any atom is 0.144 e. The molecule has 1 aromatic heterocycles. The summed E-state index contributed by atoms with van der Waals surface area (Å²) in [5.74, 6) is 0. The van der Waals surface area contributed by atoms with E-state index >= 15 is 0 Å². The first kappa shape index (κ1) is 17.6. The summed E-state index contributed by atoms with van der Waals surface area (Å²) in [4.78, 5) is 4.38. The van der Waals surface area contributed by atoms with Gasteiger partial charge < -0.3 is 9.29 Å². The fourth-order valence-electron chi connectivity index (χ4n) is 1.49. The van der Waals surface area contributed by atoms with E-state index in [1.165, 1.54) is 0 Å². The second-order valence-corrected chi connectivity index (χ2v) is 8.08. The standard InChI is InChI=1S/C14H21BrN2O2S/c1-14(2,3)20(18)16-10-6-8-12(19-4)11-7-5-9-13(15)17-11/h5,7,9-10,12H,6,8H2,1-4H3/b16-10+. The fourth-order valence-corrected chi connectivity index (χ4v) is 2.41. The van der Waals surface area contributed by atoms with E-state index in [4.69, 9.17) is 4.74 Å². The lowest BCUT2D eigenvalue weighted by Crippen LogP contribution is -2.25. The van der Waals surface area contributed by atoms with Gasteiger partial charge in [0.05, 0.1) is 18.0 Å². The SMILES string of the molecule is COC(CC/C=N/[S+]([O-])C(C)(C)C)c1cccc(Br)n1. The van der Waals surface area contributed by atoms with E-state index < -0.39 is 11.4 Å². The molecule has 0 N–H and O–H groups in total. The van der Waals surface area contributed by atoms with Gasteiger partial charge in [-0.25, -0.2) is 4.98 Å². The summed E-state index contributed by atoms with van der Waals surface area (Å²) in [6.45, 7) is 5.72. The van der Waals surface area contributed by atoms with E-state index in [-0.39, 0.29) is 10.9 Å². The van der Waals surface area contributed by atoms with Gasteiger partial charge in [-0.2, -0.15) is 0 Å². The number of ether oxygens (including phenoxy) is 1. The van der Waals surface area contributed by atoms with Crippen LogP contribution in [0.2, 0.25) is 0 Å². The van der Waals surface area contributed by atoms with Crippen LogP contribution in [0.25, 0.3) is 0 Å². The second-order valence-electron chi connectivity index (χ2n) is 5.34. The minimum absolute atomic E-state index is 0.0815. The smallest absolute Gasteiger partial charge is 0.144 e. The van der Waals surface area contributed by atoms with Crippen molar-refractivity contribution in [1.29, 1.82) is 0 Å². The third-order valence-corrected chi connectivity index (χ3v) is 4.43. The number of pyridine rings is 1. The number of aromatic nitrogens is 1. The van der Waals surface area contributed by atoms with Gasteiger partial charge in [-0.3, -0.25) is 0 Å². The molecule has 6 heteroatoms. The molecule has 0 aliphatic heterocycles. The van der Waals surface area contributed by atoms with E-state index in [1.54, 1.807) is 13.3 Å². The Kier molecular flexibility index (Phi) is 7.15. The fraction of sp³-hybridized carbons (Fsp3) is 0.571. The van der Waals surface area contributed by atoms with Crippen molar-refractivity contribution in [1.82, 2.24) is 4.98 Å². The lowest BCUT2D eigenvalue weighted by molar-refractivity contribution is 0.0940. The highest BCUT2D eigenvalue weighted by atomic mass is 79.9. The summed E-state index contributed by atoms with van der Waals surface area (Å²) >= 11 is 2.15. The van der Waals surface area contributed by atoms with E-state index in [9.17, 15) is 4.55 Å². The summed E-state index contributed by atoms with van der Waals surface area (Å²) in [5.41, 5.74) is 0.882. The predicted molar refractivity (Wildman–Crippen MR) is 87.3 cm³/mol. The van der Waals surface area contributed by atoms with E-state index in [0.29, 0.717) is 6.42 Å². The number of rotatable bonds is 6. The first-order chi connectivity index (χ1) is 9.34. The van der Waals surface area contributed by atoms with Crippen molar-refractivity contribution in [3.8, 4) is 0 Å². The van der Waals surface area contributed by atoms with Crippen LogP contribution in [0.4, 0.5) is 0 Å². The Hall–Kier alpha value is -0.430. The molecule has 0 amide bonds. The number of nitrogens with zero attached hydrogens (tertiary/aromatic N) is 2. The third-order valence-electron chi connectivity index (χ3n) is 2.60. The largest absolute Gasteiger partial charge is 0.591 e. The predicted octanol–water partition coefficient (Wildman–Crippen LogP) is 3.84. The van der Waals surface area contributed by atoms with Crippen LogP contribution in [-0.4, -0.2) is 27.6 Å². The summed E-state index contributed by atoms with van der Waals surface area (Å²) < 4.78 is 21.8. The Bertz CT molecular complexity index is 449. The summed E-state index contributed by atoms with van der Waals surface area (Å²) in [6.07, 6.45) is 3.09. The quantitative estimate of drug-likeness (QED) is 0.439. The van der Waals surface area contributed by atoms with Crippen LogP contribution >= 0.6 is 15.9 Å². The van der Waals surface area contributed by atoms with Crippen molar-refractivity contribution in [3.05, 3.63) is 28.5 Å². The maximum absolute atomic E-state index is 11.8. The molecule has 1 heterocycles.